The highest BCUT2D eigenvalue weighted by Gasteiger charge is 2.45. The first kappa shape index (κ1) is 16.7. The van der Waals surface area contributed by atoms with Crippen molar-refractivity contribution in [3.8, 4) is 0 Å². The Morgan fingerprint density at radius 1 is 1.35 bits per heavy atom. The molecule has 2 amide bonds. The van der Waals surface area contributed by atoms with E-state index in [2.05, 4.69) is 10.6 Å². The smallest absolute Gasteiger partial charge is 0.315 e. The van der Waals surface area contributed by atoms with Gasteiger partial charge in [0.25, 0.3) is 0 Å². The maximum Gasteiger partial charge on any atom is 0.315 e. The van der Waals surface area contributed by atoms with Gasteiger partial charge < -0.3 is 25.2 Å². The van der Waals surface area contributed by atoms with Gasteiger partial charge in [-0.2, -0.15) is 0 Å². The van der Waals surface area contributed by atoms with Crippen LogP contribution in [0.3, 0.4) is 0 Å². The Hall–Kier alpha value is -1.34. The molecule has 3 N–H and O–H groups in total. The standard InChI is InChI=1S/C13H24N2O5/c1-13(11(16)17)5-3-4-10(13)15-12(18)14-6-7-20-9-8-19-2/h10H,3-9H2,1-2H3,(H,16,17)(H2,14,15,18). The summed E-state index contributed by atoms with van der Waals surface area (Å²) in [6.45, 7) is 3.47. The molecule has 0 saturated heterocycles. The third-order valence-corrected chi connectivity index (χ3v) is 3.72. The van der Waals surface area contributed by atoms with Crippen molar-refractivity contribution < 1.29 is 24.2 Å². The fraction of sp³-hybridized carbons (Fsp3) is 0.846. The number of nitrogens with one attached hydrogen (secondary N) is 2. The van der Waals surface area contributed by atoms with Crippen molar-refractivity contribution in [3.63, 3.8) is 0 Å². The number of hydrogen-bond donors (Lipinski definition) is 3. The maximum absolute atomic E-state index is 11.7. The number of carboxylic acids is 1. The number of amides is 2. The number of methoxy groups -OCH3 is 1. The quantitative estimate of drug-likeness (QED) is 0.568. The minimum atomic E-state index is -0.869. The average molecular weight is 288 g/mol. The second-order valence-electron chi connectivity index (χ2n) is 5.17. The first-order chi connectivity index (χ1) is 9.50. The highest BCUT2D eigenvalue weighted by Crippen LogP contribution is 2.38. The van der Waals surface area contributed by atoms with Gasteiger partial charge in [0.2, 0.25) is 0 Å². The molecule has 0 bridgehead atoms. The van der Waals surface area contributed by atoms with Crippen molar-refractivity contribution in [2.24, 2.45) is 5.41 Å². The zero-order valence-electron chi connectivity index (χ0n) is 12.1. The van der Waals surface area contributed by atoms with Crippen LogP contribution in [0.25, 0.3) is 0 Å². The molecule has 1 rings (SSSR count). The van der Waals surface area contributed by atoms with Crippen LogP contribution in [-0.4, -0.2) is 56.6 Å². The van der Waals surface area contributed by atoms with Gasteiger partial charge in [-0.1, -0.05) is 6.42 Å². The number of carboxylic acid groups (broad SMARTS) is 1. The highest BCUT2D eigenvalue weighted by atomic mass is 16.5. The molecule has 2 atom stereocenters. The van der Waals surface area contributed by atoms with Gasteiger partial charge in [-0.3, -0.25) is 4.79 Å². The fourth-order valence-electron chi connectivity index (χ4n) is 2.34. The fourth-order valence-corrected chi connectivity index (χ4v) is 2.34. The van der Waals surface area contributed by atoms with Crippen molar-refractivity contribution >= 4 is 12.0 Å². The van der Waals surface area contributed by atoms with E-state index in [0.717, 1.165) is 6.42 Å². The first-order valence-electron chi connectivity index (χ1n) is 6.85. The Morgan fingerprint density at radius 2 is 2.10 bits per heavy atom. The predicted octanol–water partition coefficient (Wildman–Crippen LogP) is 0.592. The lowest BCUT2D eigenvalue weighted by Gasteiger charge is -2.27. The lowest BCUT2D eigenvalue weighted by molar-refractivity contribution is -0.148. The van der Waals surface area contributed by atoms with Gasteiger partial charge in [-0.05, 0) is 19.8 Å². The maximum atomic E-state index is 11.7. The van der Waals surface area contributed by atoms with Crippen LogP contribution in [0.5, 0.6) is 0 Å². The molecule has 0 heterocycles. The Morgan fingerprint density at radius 3 is 2.75 bits per heavy atom. The topological polar surface area (TPSA) is 96.9 Å². The zero-order chi connectivity index (χ0) is 15.0. The molecule has 1 aliphatic rings. The molecule has 0 aromatic rings. The highest BCUT2D eigenvalue weighted by molar-refractivity contribution is 5.79. The minimum Gasteiger partial charge on any atom is -0.481 e. The van der Waals surface area contributed by atoms with E-state index in [1.54, 1.807) is 14.0 Å². The van der Waals surface area contributed by atoms with Crippen LogP contribution >= 0.6 is 0 Å². The number of aliphatic carboxylic acids is 1. The molecular weight excluding hydrogens is 264 g/mol. The molecule has 2 unspecified atom stereocenters. The Balaban J connectivity index is 2.23. The van der Waals surface area contributed by atoms with E-state index in [1.165, 1.54) is 0 Å². The zero-order valence-corrected chi connectivity index (χ0v) is 12.1. The average Bonchev–Trinajstić information content (AvgIpc) is 2.76. The summed E-state index contributed by atoms with van der Waals surface area (Å²) in [6, 6.07) is -0.672. The third-order valence-electron chi connectivity index (χ3n) is 3.72. The molecule has 20 heavy (non-hydrogen) atoms. The van der Waals surface area contributed by atoms with E-state index in [1.807, 2.05) is 0 Å². The molecule has 1 fully saturated rings. The number of urea groups is 1. The number of carbonyl (C=O) groups excluding carboxylic acids is 1. The van der Waals surface area contributed by atoms with Crippen molar-refractivity contribution in [1.29, 1.82) is 0 Å². The summed E-state index contributed by atoms with van der Waals surface area (Å²) < 4.78 is 10.0. The summed E-state index contributed by atoms with van der Waals surface area (Å²) in [4.78, 5) is 23.0. The summed E-state index contributed by atoms with van der Waals surface area (Å²) in [5, 5.41) is 14.6. The van der Waals surface area contributed by atoms with Crippen LogP contribution in [-0.2, 0) is 14.3 Å². The summed E-state index contributed by atoms with van der Waals surface area (Å²) >= 11 is 0. The molecule has 0 radical (unpaired) electrons. The minimum absolute atomic E-state index is 0.325. The van der Waals surface area contributed by atoms with Crippen LogP contribution in [0.2, 0.25) is 0 Å². The number of carbonyl (C=O) groups is 2. The first-order valence-corrected chi connectivity index (χ1v) is 6.85. The van der Waals surface area contributed by atoms with Gasteiger partial charge in [0.15, 0.2) is 0 Å². The SMILES string of the molecule is COCCOCCNC(=O)NC1CCCC1(C)C(=O)O. The molecule has 1 aliphatic carbocycles. The van der Waals surface area contributed by atoms with Crippen LogP contribution in [0.1, 0.15) is 26.2 Å². The second-order valence-corrected chi connectivity index (χ2v) is 5.17. The van der Waals surface area contributed by atoms with Crippen LogP contribution in [0, 0.1) is 5.41 Å². The predicted molar refractivity (Wildman–Crippen MR) is 72.6 cm³/mol. The van der Waals surface area contributed by atoms with Gasteiger partial charge in [-0.15, -0.1) is 0 Å². The van der Waals surface area contributed by atoms with E-state index >= 15 is 0 Å². The Bertz CT molecular complexity index is 337. The van der Waals surface area contributed by atoms with E-state index in [0.29, 0.717) is 39.2 Å². The largest absolute Gasteiger partial charge is 0.481 e. The number of ether oxygens (including phenoxy) is 2. The van der Waals surface area contributed by atoms with E-state index in [4.69, 9.17) is 9.47 Å². The third kappa shape index (κ3) is 4.64. The summed E-state index contributed by atoms with van der Waals surface area (Å²) in [5.74, 6) is -0.858. The molecule has 0 aliphatic heterocycles. The van der Waals surface area contributed by atoms with Gasteiger partial charge in [-0.25, -0.2) is 4.79 Å². The Labute approximate surface area is 119 Å². The molecule has 0 aromatic carbocycles. The van der Waals surface area contributed by atoms with Gasteiger partial charge in [0.1, 0.15) is 0 Å². The van der Waals surface area contributed by atoms with Crippen LogP contribution in [0.4, 0.5) is 4.79 Å². The summed E-state index contributed by atoms with van der Waals surface area (Å²) in [5.41, 5.74) is -0.869. The van der Waals surface area contributed by atoms with Gasteiger partial charge in [0.05, 0.1) is 25.2 Å². The summed E-state index contributed by atoms with van der Waals surface area (Å²) in [6.07, 6.45) is 2.10. The number of rotatable bonds is 8. The van der Waals surface area contributed by atoms with Crippen molar-refractivity contribution in [2.75, 3.05) is 33.5 Å². The van der Waals surface area contributed by atoms with E-state index in [9.17, 15) is 14.7 Å². The summed E-state index contributed by atoms with van der Waals surface area (Å²) in [7, 11) is 1.59. The normalized spacial score (nSPS) is 25.4. The molecular formula is C13H24N2O5. The molecule has 1 saturated carbocycles. The van der Waals surface area contributed by atoms with Crippen LogP contribution < -0.4 is 10.6 Å². The second kappa shape index (κ2) is 8.06. The number of hydrogen-bond acceptors (Lipinski definition) is 4. The lowest BCUT2D eigenvalue weighted by Crippen LogP contribution is -2.50. The molecule has 7 nitrogen and oxygen atoms in total. The molecule has 7 heteroatoms. The molecule has 0 aromatic heterocycles. The van der Waals surface area contributed by atoms with E-state index < -0.39 is 11.4 Å². The molecule has 116 valence electrons. The van der Waals surface area contributed by atoms with Crippen LogP contribution in [0.15, 0.2) is 0 Å². The van der Waals surface area contributed by atoms with E-state index in [-0.39, 0.29) is 12.1 Å². The van der Waals surface area contributed by atoms with Gasteiger partial charge in [0, 0.05) is 19.7 Å². The van der Waals surface area contributed by atoms with Crippen molar-refractivity contribution in [3.05, 3.63) is 0 Å². The lowest BCUT2D eigenvalue weighted by atomic mass is 9.85. The van der Waals surface area contributed by atoms with Crippen molar-refractivity contribution in [1.82, 2.24) is 10.6 Å². The Kier molecular flexibility index (Phi) is 6.74. The molecule has 0 spiro atoms. The van der Waals surface area contributed by atoms with Gasteiger partial charge >= 0.3 is 12.0 Å². The van der Waals surface area contributed by atoms with Crippen molar-refractivity contribution in [2.45, 2.75) is 32.2 Å². The monoisotopic (exact) mass is 288 g/mol.